The van der Waals surface area contributed by atoms with Gasteiger partial charge in [0.25, 0.3) is 0 Å². The molecule has 2 atom stereocenters. The number of aliphatic hydroxyl groups excluding tert-OH is 1. The first kappa shape index (κ1) is 20.1. The van der Waals surface area contributed by atoms with Crippen LogP contribution in [0.5, 0.6) is 0 Å². The Balaban J connectivity index is 1.35. The van der Waals surface area contributed by atoms with Crippen LogP contribution in [0.4, 0.5) is 0 Å². The number of benzene rings is 2. The van der Waals surface area contributed by atoms with Gasteiger partial charge in [0.2, 0.25) is 5.16 Å². The van der Waals surface area contributed by atoms with E-state index in [1.165, 1.54) is 22.9 Å². The van der Waals surface area contributed by atoms with Crippen LogP contribution in [-0.4, -0.2) is 43.8 Å². The lowest BCUT2D eigenvalue weighted by atomic mass is 9.89. The zero-order valence-corrected chi connectivity index (χ0v) is 17.6. The van der Waals surface area contributed by atoms with Gasteiger partial charge in [-0.05, 0) is 71.9 Å². The van der Waals surface area contributed by atoms with Crippen LogP contribution in [0.3, 0.4) is 0 Å². The Morgan fingerprint density at radius 3 is 3.00 bits per heavy atom. The Hall–Kier alpha value is -2.22. The second kappa shape index (κ2) is 9.07. The fourth-order valence-electron chi connectivity index (χ4n) is 3.70. The maximum Gasteiger partial charge on any atom is 0.214 e. The van der Waals surface area contributed by atoms with Crippen molar-refractivity contribution in [2.45, 2.75) is 50.5 Å². The van der Waals surface area contributed by atoms with Crippen molar-refractivity contribution in [3.8, 4) is 5.69 Å². The van der Waals surface area contributed by atoms with E-state index in [9.17, 15) is 5.11 Å². The van der Waals surface area contributed by atoms with Crippen molar-refractivity contribution >= 4 is 11.8 Å². The van der Waals surface area contributed by atoms with Gasteiger partial charge in [-0.1, -0.05) is 48.2 Å². The fourth-order valence-corrected chi connectivity index (χ4v) is 4.49. The first-order valence-electron chi connectivity index (χ1n) is 9.98. The van der Waals surface area contributed by atoms with Crippen molar-refractivity contribution in [3.63, 3.8) is 0 Å². The van der Waals surface area contributed by atoms with Crippen LogP contribution in [0.15, 0.2) is 47.6 Å². The number of aliphatic hydroxyl groups is 1. The third-order valence-electron chi connectivity index (χ3n) is 5.24. The number of hydrogen-bond donors (Lipinski definition) is 1. The second-order valence-electron chi connectivity index (χ2n) is 7.54. The van der Waals surface area contributed by atoms with E-state index in [0.717, 1.165) is 36.1 Å². The molecule has 0 fully saturated rings. The molecule has 6 nitrogen and oxygen atoms in total. The first-order valence-corrected chi connectivity index (χ1v) is 11.0. The minimum Gasteiger partial charge on any atom is -0.390 e. The lowest BCUT2D eigenvalue weighted by Crippen LogP contribution is -2.22. The van der Waals surface area contributed by atoms with E-state index in [4.69, 9.17) is 4.74 Å². The van der Waals surface area contributed by atoms with Gasteiger partial charge in [0.05, 0.1) is 24.5 Å². The van der Waals surface area contributed by atoms with Crippen molar-refractivity contribution in [1.82, 2.24) is 20.2 Å². The van der Waals surface area contributed by atoms with Crippen LogP contribution in [0.25, 0.3) is 5.69 Å². The van der Waals surface area contributed by atoms with Gasteiger partial charge in [-0.25, -0.2) is 0 Å². The third kappa shape index (κ3) is 4.69. The third-order valence-corrected chi connectivity index (χ3v) is 6.31. The molecule has 7 heteroatoms. The van der Waals surface area contributed by atoms with Gasteiger partial charge in [0, 0.05) is 5.75 Å². The first-order chi connectivity index (χ1) is 14.1. The SMILES string of the molecule is Cc1ccc(C)c(-n2nnnc2SC[C@H](O)CO[C@H]2CCCc3ccccc32)c1. The Labute approximate surface area is 175 Å². The highest BCUT2D eigenvalue weighted by Gasteiger charge is 2.21. The predicted molar refractivity (Wildman–Crippen MR) is 113 cm³/mol. The number of fused-ring (bicyclic) bond motifs is 1. The standard InChI is InChI=1S/C22H26N4O2S/c1-15-10-11-16(2)20(12-15)26-22(23-24-25-26)29-14-18(27)13-28-21-9-5-7-17-6-3-4-8-19(17)21/h3-4,6,8,10-12,18,21,27H,5,7,9,13-14H2,1-2H3/t18-,21+/m1/s1. The van der Waals surface area contributed by atoms with Gasteiger partial charge in [-0.15, -0.1) is 5.10 Å². The van der Waals surface area contributed by atoms with Crippen LogP contribution in [0.2, 0.25) is 0 Å². The number of aryl methyl sites for hydroxylation is 3. The van der Waals surface area contributed by atoms with Crippen molar-refractivity contribution in [2.75, 3.05) is 12.4 Å². The number of ether oxygens (including phenoxy) is 1. The van der Waals surface area contributed by atoms with E-state index in [2.05, 4.69) is 58.0 Å². The van der Waals surface area contributed by atoms with E-state index in [-0.39, 0.29) is 6.10 Å². The summed E-state index contributed by atoms with van der Waals surface area (Å²) in [6.45, 7) is 4.39. The molecule has 0 saturated carbocycles. The topological polar surface area (TPSA) is 73.1 Å². The molecule has 2 aromatic carbocycles. The summed E-state index contributed by atoms with van der Waals surface area (Å²) in [4.78, 5) is 0. The number of hydrogen-bond acceptors (Lipinski definition) is 6. The summed E-state index contributed by atoms with van der Waals surface area (Å²) in [6, 6.07) is 14.6. The molecule has 1 heterocycles. The smallest absolute Gasteiger partial charge is 0.214 e. The van der Waals surface area contributed by atoms with E-state index in [1.54, 1.807) is 4.68 Å². The summed E-state index contributed by atoms with van der Waals surface area (Å²) in [7, 11) is 0. The normalized spacial score (nSPS) is 17.1. The van der Waals surface area contributed by atoms with Crippen LogP contribution in [-0.2, 0) is 11.2 Å². The van der Waals surface area contributed by atoms with E-state index < -0.39 is 6.10 Å². The van der Waals surface area contributed by atoms with E-state index in [0.29, 0.717) is 17.5 Å². The molecular weight excluding hydrogens is 384 g/mol. The molecule has 152 valence electrons. The highest BCUT2D eigenvalue weighted by atomic mass is 32.2. The molecule has 0 aliphatic heterocycles. The van der Waals surface area contributed by atoms with Crippen LogP contribution in [0, 0.1) is 13.8 Å². The van der Waals surface area contributed by atoms with Crippen molar-refractivity contribution in [3.05, 3.63) is 64.7 Å². The zero-order chi connectivity index (χ0) is 20.2. The molecule has 0 amide bonds. The van der Waals surface area contributed by atoms with Crippen LogP contribution >= 0.6 is 11.8 Å². The highest BCUT2D eigenvalue weighted by molar-refractivity contribution is 7.99. The summed E-state index contributed by atoms with van der Waals surface area (Å²) in [6.07, 6.45) is 2.71. The van der Waals surface area contributed by atoms with Crippen molar-refractivity contribution in [1.29, 1.82) is 0 Å². The van der Waals surface area contributed by atoms with Crippen molar-refractivity contribution in [2.24, 2.45) is 0 Å². The summed E-state index contributed by atoms with van der Waals surface area (Å²) >= 11 is 1.44. The van der Waals surface area contributed by atoms with E-state index >= 15 is 0 Å². The number of aromatic nitrogens is 4. The molecule has 0 spiro atoms. The lowest BCUT2D eigenvalue weighted by Gasteiger charge is -2.26. The molecule has 0 unspecified atom stereocenters. The Kier molecular flexibility index (Phi) is 6.28. The molecule has 1 aliphatic rings. The lowest BCUT2D eigenvalue weighted by molar-refractivity contribution is -0.00960. The zero-order valence-electron chi connectivity index (χ0n) is 16.8. The van der Waals surface area contributed by atoms with Crippen LogP contribution in [0.1, 0.15) is 41.2 Å². The summed E-state index contributed by atoms with van der Waals surface area (Å²) in [5, 5.41) is 23.2. The molecule has 0 bridgehead atoms. The van der Waals surface area contributed by atoms with Gasteiger partial charge >= 0.3 is 0 Å². The van der Waals surface area contributed by atoms with E-state index in [1.807, 2.05) is 13.8 Å². The maximum atomic E-state index is 10.5. The number of rotatable bonds is 7. The summed E-state index contributed by atoms with van der Waals surface area (Å²) in [5.74, 6) is 0.472. The van der Waals surface area contributed by atoms with Gasteiger partial charge in [-0.2, -0.15) is 4.68 Å². The molecule has 29 heavy (non-hydrogen) atoms. The molecule has 0 saturated heterocycles. The molecule has 1 aromatic heterocycles. The summed E-state index contributed by atoms with van der Waals surface area (Å²) < 4.78 is 7.80. The highest BCUT2D eigenvalue weighted by Crippen LogP contribution is 2.32. The Bertz CT molecular complexity index is 975. The Morgan fingerprint density at radius 2 is 2.10 bits per heavy atom. The number of thioether (sulfide) groups is 1. The van der Waals surface area contributed by atoms with Gasteiger partial charge in [-0.3, -0.25) is 0 Å². The molecular formula is C22H26N4O2S. The fraction of sp³-hybridized carbons (Fsp3) is 0.409. The van der Waals surface area contributed by atoms with Gasteiger partial charge < -0.3 is 9.84 Å². The number of tetrazole rings is 1. The molecule has 0 radical (unpaired) electrons. The largest absolute Gasteiger partial charge is 0.390 e. The van der Waals surface area contributed by atoms with Gasteiger partial charge in [0.1, 0.15) is 0 Å². The molecule has 3 aromatic rings. The quantitative estimate of drug-likeness (QED) is 0.597. The second-order valence-corrected chi connectivity index (χ2v) is 8.53. The number of nitrogens with zero attached hydrogens (tertiary/aromatic N) is 4. The molecule has 4 rings (SSSR count). The van der Waals surface area contributed by atoms with Crippen molar-refractivity contribution < 1.29 is 9.84 Å². The monoisotopic (exact) mass is 410 g/mol. The average Bonchev–Trinajstić information content (AvgIpc) is 3.21. The van der Waals surface area contributed by atoms with Crippen LogP contribution < -0.4 is 0 Å². The minimum atomic E-state index is -0.585. The molecule has 1 N–H and O–H groups in total. The summed E-state index contributed by atoms with van der Waals surface area (Å²) in [5.41, 5.74) is 5.84. The average molecular weight is 411 g/mol. The van der Waals surface area contributed by atoms with Gasteiger partial charge in [0.15, 0.2) is 0 Å². The molecule has 1 aliphatic carbocycles. The maximum absolute atomic E-state index is 10.5. The minimum absolute atomic E-state index is 0.0693. The Morgan fingerprint density at radius 1 is 1.24 bits per heavy atom. The predicted octanol–water partition coefficient (Wildman–Crippen LogP) is 3.83.